The summed E-state index contributed by atoms with van der Waals surface area (Å²) in [7, 11) is 0. The van der Waals surface area contributed by atoms with Crippen molar-refractivity contribution in [2.24, 2.45) is 0 Å². The fraction of sp³-hybridized carbons (Fsp3) is 0.167. The quantitative estimate of drug-likeness (QED) is 0.838. The van der Waals surface area contributed by atoms with E-state index in [1.165, 1.54) is 0 Å². The van der Waals surface area contributed by atoms with Gasteiger partial charge in [0.15, 0.2) is 0 Å². The molecule has 0 aliphatic rings. The number of rotatable bonds is 5. The molecule has 0 radical (unpaired) electrons. The largest absolute Gasteiger partial charge is 0.494 e. The summed E-state index contributed by atoms with van der Waals surface area (Å²) in [5.41, 5.74) is 4.03. The zero-order valence-corrected chi connectivity index (χ0v) is 12.2. The number of hydrogen-bond donors (Lipinski definition) is 1. The number of aliphatic carboxylic acids is 1. The standard InChI is InChI=1S/C18H18O3/c1-3-21-15-10-8-14(9-11-18(19)20)17(12-15)16-7-5-4-6-13(16)2/h4-12H,3H2,1-2H3,(H,19,20)/b11-9+. The highest BCUT2D eigenvalue weighted by atomic mass is 16.5. The molecule has 0 saturated heterocycles. The van der Waals surface area contributed by atoms with Crippen molar-refractivity contribution in [2.45, 2.75) is 13.8 Å². The maximum Gasteiger partial charge on any atom is 0.328 e. The lowest BCUT2D eigenvalue weighted by Gasteiger charge is -2.12. The first kappa shape index (κ1) is 14.9. The molecule has 108 valence electrons. The predicted molar refractivity (Wildman–Crippen MR) is 84.5 cm³/mol. The third-order valence-corrected chi connectivity index (χ3v) is 3.18. The third-order valence-electron chi connectivity index (χ3n) is 3.18. The van der Waals surface area contributed by atoms with Gasteiger partial charge < -0.3 is 9.84 Å². The normalized spacial score (nSPS) is 10.8. The molecule has 0 unspecified atom stereocenters. The average Bonchev–Trinajstić information content (AvgIpc) is 2.46. The summed E-state index contributed by atoms with van der Waals surface area (Å²) in [5, 5.41) is 8.82. The van der Waals surface area contributed by atoms with E-state index in [4.69, 9.17) is 9.84 Å². The molecule has 2 aromatic rings. The summed E-state index contributed by atoms with van der Waals surface area (Å²) in [5.74, 6) is -0.178. The highest BCUT2D eigenvalue weighted by Crippen LogP contribution is 2.31. The van der Waals surface area contributed by atoms with Crippen LogP contribution in [0, 0.1) is 6.92 Å². The molecule has 0 aliphatic carbocycles. The number of carboxylic acid groups (broad SMARTS) is 1. The van der Waals surface area contributed by atoms with Crippen molar-refractivity contribution in [3.05, 3.63) is 59.7 Å². The van der Waals surface area contributed by atoms with E-state index in [9.17, 15) is 4.79 Å². The van der Waals surface area contributed by atoms with E-state index in [2.05, 4.69) is 0 Å². The molecule has 0 aliphatic heterocycles. The number of hydrogen-bond acceptors (Lipinski definition) is 2. The van der Waals surface area contributed by atoms with E-state index in [1.54, 1.807) is 6.08 Å². The second kappa shape index (κ2) is 6.75. The zero-order chi connectivity index (χ0) is 15.2. The molecule has 0 bridgehead atoms. The molecule has 21 heavy (non-hydrogen) atoms. The second-order valence-electron chi connectivity index (χ2n) is 4.67. The molecule has 0 spiro atoms. The van der Waals surface area contributed by atoms with Crippen molar-refractivity contribution in [1.29, 1.82) is 0 Å². The van der Waals surface area contributed by atoms with E-state index >= 15 is 0 Å². The Morgan fingerprint density at radius 2 is 1.95 bits per heavy atom. The molecule has 0 amide bonds. The van der Waals surface area contributed by atoms with Gasteiger partial charge in [-0.15, -0.1) is 0 Å². The molecule has 2 rings (SSSR count). The number of carbonyl (C=O) groups is 1. The Labute approximate surface area is 124 Å². The first-order chi connectivity index (χ1) is 10.1. The molecule has 2 aromatic carbocycles. The molecule has 0 atom stereocenters. The summed E-state index contributed by atoms with van der Waals surface area (Å²) in [6, 6.07) is 13.7. The molecule has 0 aromatic heterocycles. The van der Waals surface area contributed by atoms with E-state index in [-0.39, 0.29) is 0 Å². The van der Waals surface area contributed by atoms with Crippen LogP contribution in [0.25, 0.3) is 17.2 Å². The van der Waals surface area contributed by atoms with Gasteiger partial charge in [-0.05, 0) is 54.3 Å². The lowest BCUT2D eigenvalue weighted by atomic mass is 9.95. The van der Waals surface area contributed by atoms with Crippen molar-refractivity contribution in [3.63, 3.8) is 0 Å². The maximum atomic E-state index is 10.7. The van der Waals surface area contributed by atoms with Crippen LogP contribution in [0.2, 0.25) is 0 Å². The third kappa shape index (κ3) is 3.72. The van der Waals surface area contributed by atoms with Crippen molar-refractivity contribution in [3.8, 4) is 16.9 Å². The van der Waals surface area contributed by atoms with Crippen LogP contribution in [-0.2, 0) is 4.79 Å². The lowest BCUT2D eigenvalue weighted by molar-refractivity contribution is -0.131. The maximum absolute atomic E-state index is 10.7. The fourth-order valence-corrected chi connectivity index (χ4v) is 2.21. The minimum Gasteiger partial charge on any atom is -0.494 e. The smallest absolute Gasteiger partial charge is 0.328 e. The van der Waals surface area contributed by atoms with Gasteiger partial charge >= 0.3 is 5.97 Å². The summed E-state index contributed by atoms with van der Waals surface area (Å²) < 4.78 is 5.55. The Morgan fingerprint density at radius 3 is 2.62 bits per heavy atom. The molecule has 0 fully saturated rings. The van der Waals surface area contributed by atoms with E-state index in [1.807, 2.05) is 56.3 Å². The Morgan fingerprint density at radius 1 is 1.19 bits per heavy atom. The fourth-order valence-electron chi connectivity index (χ4n) is 2.21. The molecule has 3 heteroatoms. The van der Waals surface area contributed by atoms with Gasteiger partial charge in [0, 0.05) is 6.08 Å². The number of carboxylic acids is 1. The average molecular weight is 282 g/mol. The van der Waals surface area contributed by atoms with Gasteiger partial charge in [0.25, 0.3) is 0 Å². The van der Waals surface area contributed by atoms with Crippen LogP contribution < -0.4 is 4.74 Å². The van der Waals surface area contributed by atoms with Crippen LogP contribution >= 0.6 is 0 Å². The highest BCUT2D eigenvalue weighted by molar-refractivity contribution is 5.88. The van der Waals surface area contributed by atoms with Crippen LogP contribution in [0.15, 0.2) is 48.5 Å². The Bertz CT molecular complexity index is 672. The highest BCUT2D eigenvalue weighted by Gasteiger charge is 2.08. The summed E-state index contributed by atoms with van der Waals surface area (Å²) in [6.45, 7) is 4.57. The predicted octanol–water partition coefficient (Wildman–Crippen LogP) is 4.16. The van der Waals surface area contributed by atoms with E-state index < -0.39 is 5.97 Å². The second-order valence-corrected chi connectivity index (χ2v) is 4.67. The summed E-state index contributed by atoms with van der Waals surface area (Å²) >= 11 is 0. The summed E-state index contributed by atoms with van der Waals surface area (Å²) in [6.07, 6.45) is 2.76. The minimum absolute atomic E-state index is 0.595. The number of ether oxygens (including phenoxy) is 1. The molecule has 0 heterocycles. The van der Waals surface area contributed by atoms with Gasteiger partial charge in [0.2, 0.25) is 0 Å². The molecule has 0 saturated carbocycles. The first-order valence-electron chi connectivity index (χ1n) is 6.85. The monoisotopic (exact) mass is 282 g/mol. The van der Waals surface area contributed by atoms with Gasteiger partial charge in [-0.1, -0.05) is 30.3 Å². The van der Waals surface area contributed by atoms with Crippen LogP contribution in [0.3, 0.4) is 0 Å². The van der Waals surface area contributed by atoms with Crippen molar-refractivity contribution >= 4 is 12.0 Å². The Hall–Kier alpha value is -2.55. The number of aryl methyl sites for hydroxylation is 1. The van der Waals surface area contributed by atoms with Gasteiger partial charge in [-0.2, -0.15) is 0 Å². The first-order valence-corrected chi connectivity index (χ1v) is 6.85. The van der Waals surface area contributed by atoms with Crippen LogP contribution in [-0.4, -0.2) is 17.7 Å². The van der Waals surface area contributed by atoms with Crippen LogP contribution in [0.5, 0.6) is 5.75 Å². The Balaban J connectivity index is 2.56. The molecular formula is C18H18O3. The van der Waals surface area contributed by atoms with Crippen LogP contribution in [0.4, 0.5) is 0 Å². The number of benzene rings is 2. The van der Waals surface area contributed by atoms with Gasteiger partial charge in [0.05, 0.1) is 6.61 Å². The van der Waals surface area contributed by atoms with Crippen molar-refractivity contribution in [2.75, 3.05) is 6.61 Å². The Kier molecular flexibility index (Phi) is 4.77. The molecule has 3 nitrogen and oxygen atoms in total. The molecule has 1 N–H and O–H groups in total. The van der Waals surface area contributed by atoms with Gasteiger partial charge in [-0.3, -0.25) is 0 Å². The van der Waals surface area contributed by atoms with Crippen molar-refractivity contribution in [1.82, 2.24) is 0 Å². The molecular weight excluding hydrogens is 264 g/mol. The van der Waals surface area contributed by atoms with Crippen molar-refractivity contribution < 1.29 is 14.6 Å². The SMILES string of the molecule is CCOc1ccc(/C=C/C(=O)O)c(-c2ccccc2C)c1. The minimum atomic E-state index is -0.959. The topological polar surface area (TPSA) is 46.5 Å². The van der Waals surface area contributed by atoms with Crippen LogP contribution in [0.1, 0.15) is 18.1 Å². The van der Waals surface area contributed by atoms with E-state index in [0.717, 1.165) is 34.1 Å². The van der Waals surface area contributed by atoms with Gasteiger partial charge in [0.1, 0.15) is 5.75 Å². The summed E-state index contributed by atoms with van der Waals surface area (Å²) in [4.78, 5) is 10.7. The lowest BCUT2D eigenvalue weighted by Crippen LogP contribution is -1.94. The van der Waals surface area contributed by atoms with Gasteiger partial charge in [-0.25, -0.2) is 4.79 Å². The van der Waals surface area contributed by atoms with E-state index in [0.29, 0.717) is 6.61 Å². The zero-order valence-electron chi connectivity index (χ0n) is 12.2.